The number of hydrogen-bond donors (Lipinski definition) is 1. The predicted molar refractivity (Wildman–Crippen MR) is 78.8 cm³/mol. The van der Waals surface area contributed by atoms with Crippen molar-refractivity contribution in [2.24, 2.45) is 0 Å². The molecule has 0 aromatic carbocycles. The molecule has 2 unspecified atom stereocenters. The zero-order chi connectivity index (χ0) is 14.0. The zero-order valence-corrected chi connectivity index (χ0v) is 13.7. The fourth-order valence-corrected chi connectivity index (χ4v) is 5.44. The molecule has 1 aromatic rings. The van der Waals surface area contributed by atoms with Crippen molar-refractivity contribution in [3.63, 3.8) is 0 Å². The lowest BCUT2D eigenvalue weighted by Crippen LogP contribution is -2.40. The van der Waals surface area contributed by atoms with Gasteiger partial charge in [0.15, 0.2) is 9.84 Å². The molecule has 5 nitrogen and oxygen atoms in total. The molecule has 2 rings (SSSR count). The van der Waals surface area contributed by atoms with Crippen LogP contribution in [0.15, 0.2) is 10.7 Å². The van der Waals surface area contributed by atoms with Crippen molar-refractivity contribution < 1.29 is 8.42 Å². The lowest BCUT2D eigenvalue weighted by Gasteiger charge is -2.30. The van der Waals surface area contributed by atoms with E-state index in [4.69, 9.17) is 0 Å². The first-order valence-corrected chi connectivity index (χ1v) is 9.12. The highest BCUT2D eigenvalue weighted by Gasteiger charge is 2.37. The van der Waals surface area contributed by atoms with E-state index >= 15 is 0 Å². The summed E-state index contributed by atoms with van der Waals surface area (Å²) in [5.74, 6) is 0.299. The molecular weight excluding hydrogens is 330 g/mol. The Labute approximate surface area is 122 Å². The third-order valence-corrected chi connectivity index (χ3v) is 6.64. The third kappa shape index (κ3) is 2.87. The molecule has 19 heavy (non-hydrogen) atoms. The van der Waals surface area contributed by atoms with Crippen LogP contribution in [0.1, 0.15) is 37.9 Å². The van der Waals surface area contributed by atoms with Gasteiger partial charge in [0.25, 0.3) is 0 Å². The van der Waals surface area contributed by atoms with Crippen molar-refractivity contribution in [3.05, 3.63) is 16.4 Å². The van der Waals surface area contributed by atoms with Crippen molar-refractivity contribution in [1.29, 1.82) is 0 Å². The summed E-state index contributed by atoms with van der Waals surface area (Å²) in [5, 5.41) is 7.10. The van der Waals surface area contributed by atoms with Crippen LogP contribution in [0.5, 0.6) is 0 Å². The van der Waals surface area contributed by atoms with E-state index in [1.807, 2.05) is 18.7 Å². The maximum absolute atomic E-state index is 12.3. The molecule has 1 fully saturated rings. The first kappa shape index (κ1) is 15.0. The predicted octanol–water partition coefficient (Wildman–Crippen LogP) is 1.89. The standard InChI is InChI=1S/C12H20BrN3O2S/c1-3-16-12(9(13)8-15-16)11(14-2)10-6-4-5-7-19(10,17)18/h8,10-11,14H,3-7H2,1-2H3. The number of hydrogen-bond acceptors (Lipinski definition) is 4. The summed E-state index contributed by atoms with van der Waals surface area (Å²) in [5.41, 5.74) is 0.931. The Morgan fingerprint density at radius 2 is 2.32 bits per heavy atom. The molecule has 0 bridgehead atoms. The van der Waals surface area contributed by atoms with Crippen LogP contribution >= 0.6 is 15.9 Å². The maximum Gasteiger partial charge on any atom is 0.155 e. The average Bonchev–Trinajstić information content (AvgIpc) is 2.74. The zero-order valence-electron chi connectivity index (χ0n) is 11.3. The van der Waals surface area contributed by atoms with Crippen LogP contribution in [-0.2, 0) is 16.4 Å². The lowest BCUT2D eigenvalue weighted by molar-refractivity contribution is 0.441. The fraction of sp³-hybridized carbons (Fsp3) is 0.750. The van der Waals surface area contributed by atoms with Gasteiger partial charge >= 0.3 is 0 Å². The summed E-state index contributed by atoms with van der Waals surface area (Å²) >= 11 is 3.49. The quantitative estimate of drug-likeness (QED) is 0.901. The van der Waals surface area contributed by atoms with Gasteiger partial charge in [0, 0.05) is 6.54 Å². The van der Waals surface area contributed by atoms with E-state index in [0.717, 1.165) is 36.0 Å². The first-order chi connectivity index (χ1) is 9.01. The molecule has 1 aliphatic rings. The Hall–Kier alpha value is -0.400. The Morgan fingerprint density at radius 1 is 1.58 bits per heavy atom. The van der Waals surface area contributed by atoms with E-state index in [-0.39, 0.29) is 11.3 Å². The second-order valence-electron chi connectivity index (χ2n) is 4.86. The summed E-state index contributed by atoms with van der Waals surface area (Å²) in [4.78, 5) is 0. The fourth-order valence-electron chi connectivity index (χ4n) is 2.79. The van der Waals surface area contributed by atoms with E-state index in [1.54, 1.807) is 6.20 Å². The SMILES string of the molecule is CCn1ncc(Br)c1C(NC)C1CCCCS1(=O)=O. The minimum Gasteiger partial charge on any atom is -0.311 e. The van der Waals surface area contributed by atoms with Crippen LogP contribution in [0.2, 0.25) is 0 Å². The smallest absolute Gasteiger partial charge is 0.155 e. The monoisotopic (exact) mass is 349 g/mol. The van der Waals surface area contributed by atoms with Crippen molar-refractivity contribution in [2.75, 3.05) is 12.8 Å². The maximum atomic E-state index is 12.3. The van der Waals surface area contributed by atoms with E-state index in [2.05, 4.69) is 26.3 Å². The number of sulfone groups is 1. The molecular formula is C12H20BrN3O2S. The van der Waals surface area contributed by atoms with Crippen molar-refractivity contribution in [2.45, 2.75) is 44.0 Å². The number of nitrogens with one attached hydrogen (secondary N) is 1. The van der Waals surface area contributed by atoms with Crippen LogP contribution < -0.4 is 5.32 Å². The van der Waals surface area contributed by atoms with Crippen LogP contribution in [0.4, 0.5) is 0 Å². The minimum absolute atomic E-state index is 0.206. The molecule has 0 spiro atoms. The van der Waals surface area contributed by atoms with Crippen molar-refractivity contribution >= 4 is 25.8 Å². The molecule has 0 aliphatic carbocycles. The van der Waals surface area contributed by atoms with Crippen molar-refractivity contribution in [1.82, 2.24) is 15.1 Å². The second-order valence-corrected chi connectivity index (χ2v) is 8.05. The van der Waals surface area contributed by atoms with Gasteiger partial charge in [0.2, 0.25) is 0 Å². The topological polar surface area (TPSA) is 64.0 Å². The molecule has 1 aliphatic heterocycles. The molecule has 1 N–H and O–H groups in total. The van der Waals surface area contributed by atoms with Crippen molar-refractivity contribution in [3.8, 4) is 0 Å². The Morgan fingerprint density at radius 3 is 2.89 bits per heavy atom. The van der Waals surface area contributed by atoms with E-state index in [9.17, 15) is 8.42 Å². The Bertz CT molecular complexity index is 541. The third-order valence-electron chi connectivity index (χ3n) is 3.74. The number of aromatic nitrogens is 2. The molecule has 7 heteroatoms. The van der Waals surface area contributed by atoms with Gasteiger partial charge in [-0.1, -0.05) is 6.42 Å². The summed E-state index contributed by atoms with van der Waals surface area (Å²) in [6.07, 6.45) is 4.21. The number of rotatable bonds is 4. The molecule has 2 heterocycles. The van der Waals surface area contributed by atoms with E-state index in [0.29, 0.717) is 5.75 Å². The van der Waals surface area contributed by atoms with Gasteiger partial charge in [-0.25, -0.2) is 8.42 Å². The summed E-state index contributed by atoms with van der Waals surface area (Å²) in [6.45, 7) is 2.73. The highest BCUT2D eigenvalue weighted by atomic mass is 79.9. The number of nitrogens with zero attached hydrogens (tertiary/aromatic N) is 2. The molecule has 2 atom stereocenters. The van der Waals surface area contributed by atoms with Gasteiger partial charge in [0.1, 0.15) is 0 Å². The Kier molecular flexibility index (Phi) is 4.68. The van der Waals surface area contributed by atoms with Gasteiger partial charge in [-0.05, 0) is 42.7 Å². The minimum atomic E-state index is -3.03. The van der Waals surface area contributed by atoms with Gasteiger partial charge in [-0.3, -0.25) is 4.68 Å². The van der Waals surface area contributed by atoms with E-state index < -0.39 is 9.84 Å². The Balaban J connectivity index is 2.41. The largest absolute Gasteiger partial charge is 0.311 e. The lowest BCUT2D eigenvalue weighted by atomic mass is 10.0. The molecule has 0 saturated carbocycles. The normalized spacial score (nSPS) is 24.3. The van der Waals surface area contributed by atoms with Gasteiger partial charge in [-0.15, -0.1) is 0 Å². The molecule has 1 aromatic heterocycles. The van der Waals surface area contributed by atoms with Crippen LogP contribution in [-0.4, -0.2) is 36.2 Å². The molecule has 108 valence electrons. The summed E-state index contributed by atoms with van der Waals surface area (Å²) in [7, 11) is -1.21. The summed E-state index contributed by atoms with van der Waals surface area (Å²) < 4.78 is 27.3. The molecule has 0 amide bonds. The van der Waals surface area contributed by atoms with Gasteiger partial charge in [0.05, 0.1) is 33.4 Å². The first-order valence-electron chi connectivity index (χ1n) is 6.61. The highest BCUT2D eigenvalue weighted by Crippen LogP contribution is 2.33. The summed E-state index contributed by atoms with van der Waals surface area (Å²) in [6, 6.07) is -0.206. The highest BCUT2D eigenvalue weighted by molar-refractivity contribution is 9.10. The van der Waals surface area contributed by atoms with E-state index in [1.165, 1.54) is 0 Å². The van der Waals surface area contributed by atoms with Crippen LogP contribution in [0.3, 0.4) is 0 Å². The van der Waals surface area contributed by atoms with Crippen LogP contribution in [0, 0.1) is 0 Å². The van der Waals surface area contributed by atoms with Gasteiger partial charge in [-0.2, -0.15) is 5.10 Å². The second kappa shape index (κ2) is 5.93. The number of halogens is 1. The average molecular weight is 350 g/mol. The number of aryl methyl sites for hydroxylation is 1. The van der Waals surface area contributed by atoms with Gasteiger partial charge < -0.3 is 5.32 Å². The molecule has 1 saturated heterocycles. The van der Waals surface area contributed by atoms with Crippen LogP contribution in [0.25, 0.3) is 0 Å². The molecule has 0 radical (unpaired) electrons.